The van der Waals surface area contributed by atoms with Crippen molar-refractivity contribution in [1.82, 2.24) is 14.5 Å². The standard InChI is InChI=1S/C20H20F3N3OS.C2H2O4/c21-20(22,23)19-24-16-5-1-2-6-17(16)26(19)13-14-7-9-25(10-8-14)18(27)12-15-4-3-11-28-15;3-1(4)2(5)6/h1-6,11,14H,7-10,12-13H2;(H,3,4)(H,5,6). The SMILES string of the molecule is O=C(Cc1cccs1)N1CCC(Cn2c(C(F)(F)F)nc3ccccc32)CC1.O=C(O)C(=O)O. The van der Waals surface area contributed by atoms with Gasteiger partial charge in [-0.3, -0.25) is 4.79 Å². The van der Waals surface area contributed by atoms with Crippen LogP contribution in [-0.4, -0.2) is 55.6 Å². The van der Waals surface area contributed by atoms with Crippen LogP contribution in [0.4, 0.5) is 13.2 Å². The summed E-state index contributed by atoms with van der Waals surface area (Å²) in [5.74, 6) is -4.32. The summed E-state index contributed by atoms with van der Waals surface area (Å²) in [5.41, 5.74) is 0.865. The predicted molar refractivity (Wildman–Crippen MR) is 117 cm³/mol. The number of para-hydroxylation sites is 2. The molecule has 2 aromatic heterocycles. The van der Waals surface area contributed by atoms with Gasteiger partial charge in [-0.05, 0) is 42.3 Å². The summed E-state index contributed by atoms with van der Waals surface area (Å²) >= 11 is 1.56. The number of carboxylic acid groups (broad SMARTS) is 2. The number of fused-ring (bicyclic) bond motifs is 1. The van der Waals surface area contributed by atoms with E-state index >= 15 is 0 Å². The number of nitrogens with zero attached hydrogens (tertiary/aromatic N) is 3. The molecule has 1 aliphatic rings. The fourth-order valence-corrected chi connectivity index (χ4v) is 4.47. The molecule has 182 valence electrons. The molecule has 0 aliphatic carbocycles. The summed E-state index contributed by atoms with van der Waals surface area (Å²) < 4.78 is 41.7. The van der Waals surface area contributed by atoms with E-state index in [0.717, 1.165) is 4.88 Å². The van der Waals surface area contributed by atoms with Crippen molar-refractivity contribution in [2.75, 3.05) is 13.1 Å². The number of aliphatic carboxylic acids is 2. The second kappa shape index (κ2) is 10.7. The number of imidazole rings is 1. The van der Waals surface area contributed by atoms with Crippen LogP contribution in [0.3, 0.4) is 0 Å². The predicted octanol–water partition coefficient (Wildman–Crippen LogP) is 3.75. The van der Waals surface area contributed by atoms with Gasteiger partial charge in [0.2, 0.25) is 11.7 Å². The Labute approximate surface area is 196 Å². The van der Waals surface area contributed by atoms with E-state index in [0.29, 0.717) is 43.4 Å². The lowest BCUT2D eigenvalue weighted by molar-refractivity contribution is -0.159. The highest BCUT2D eigenvalue weighted by Gasteiger charge is 2.38. The van der Waals surface area contributed by atoms with Crippen LogP contribution in [0.1, 0.15) is 23.5 Å². The van der Waals surface area contributed by atoms with Gasteiger partial charge in [-0.25, -0.2) is 14.6 Å². The largest absolute Gasteiger partial charge is 0.473 e. The highest BCUT2D eigenvalue weighted by Crippen LogP contribution is 2.33. The average molecular weight is 497 g/mol. The molecular formula is C22H22F3N3O5S. The van der Waals surface area contributed by atoms with Crippen LogP contribution in [0, 0.1) is 5.92 Å². The quantitative estimate of drug-likeness (QED) is 0.531. The molecule has 1 amide bonds. The third-order valence-electron chi connectivity index (χ3n) is 5.40. The van der Waals surface area contributed by atoms with E-state index in [4.69, 9.17) is 19.8 Å². The number of aromatic nitrogens is 2. The lowest BCUT2D eigenvalue weighted by Crippen LogP contribution is -2.40. The number of halogens is 3. The first-order chi connectivity index (χ1) is 16.1. The van der Waals surface area contributed by atoms with Crippen molar-refractivity contribution in [2.45, 2.75) is 32.0 Å². The van der Waals surface area contributed by atoms with Crippen molar-refractivity contribution in [3.63, 3.8) is 0 Å². The molecule has 12 heteroatoms. The van der Waals surface area contributed by atoms with Gasteiger partial charge in [-0.1, -0.05) is 18.2 Å². The van der Waals surface area contributed by atoms with Gasteiger partial charge in [0.25, 0.3) is 0 Å². The summed E-state index contributed by atoms with van der Waals surface area (Å²) in [5, 5.41) is 16.7. The summed E-state index contributed by atoms with van der Waals surface area (Å²) in [6.07, 6.45) is -2.71. The number of carboxylic acids is 2. The maximum absolute atomic E-state index is 13.5. The summed E-state index contributed by atoms with van der Waals surface area (Å²) in [7, 11) is 0. The molecule has 3 aromatic rings. The monoisotopic (exact) mass is 497 g/mol. The highest BCUT2D eigenvalue weighted by molar-refractivity contribution is 7.10. The van der Waals surface area contributed by atoms with Gasteiger partial charge >= 0.3 is 18.1 Å². The molecule has 0 unspecified atom stereocenters. The van der Waals surface area contributed by atoms with Crippen LogP contribution >= 0.6 is 11.3 Å². The van der Waals surface area contributed by atoms with Crippen LogP contribution in [-0.2, 0) is 33.5 Å². The van der Waals surface area contributed by atoms with Crippen molar-refractivity contribution in [2.24, 2.45) is 5.92 Å². The molecule has 2 N–H and O–H groups in total. The number of hydrogen-bond acceptors (Lipinski definition) is 5. The van der Waals surface area contributed by atoms with Gasteiger partial charge in [0.15, 0.2) is 0 Å². The van der Waals surface area contributed by atoms with Crippen molar-refractivity contribution in [1.29, 1.82) is 0 Å². The molecule has 8 nitrogen and oxygen atoms in total. The second-order valence-corrected chi connectivity index (χ2v) is 8.76. The number of rotatable bonds is 4. The fraction of sp³-hybridized carbons (Fsp3) is 0.364. The molecule has 0 atom stereocenters. The van der Waals surface area contributed by atoms with Crippen molar-refractivity contribution < 1.29 is 37.8 Å². The number of carbonyl (C=O) groups excluding carboxylic acids is 1. The van der Waals surface area contributed by atoms with Gasteiger partial charge in [0, 0.05) is 24.5 Å². The minimum absolute atomic E-state index is 0.0875. The minimum Gasteiger partial charge on any atom is -0.473 e. The van der Waals surface area contributed by atoms with E-state index in [1.165, 1.54) is 4.57 Å². The summed E-state index contributed by atoms with van der Waals surface area (Å²) in [6, 6.07) is 10.6. The number of amides is 1. The van der Waals surface area contributed by atoms with Gasteiger partial charge in [0.1, 0.15) is 0 Å². The zero-order valence-electron chi connectivity index (χ0n) is 17.9. The lowest BCUT2D eigenvalue weighted by atomic mass is 9.96. The van der Waals surface area contributed by atoms with Crippen LogP contribution < -0.4 is 0 Å². The van der Waals surface area contributed by atoms with E-state index < -0.39 is 23.9 Å². The Bertz CT molecular complexity index is 1140. The Balaban J connectivity index is 0.000000481. The average Bonchev–Trinajstić information content (AvgIpc) is 3.42. The zero-order chi connectivity index (χ0) is 24.9. The molecule has 4 rings (SSSR count). The third kappa shape index (κ3) is 6.34. The molecule has 0 bridgehead atoms. The Hall–Kier alpha value is -3.41. The third-order valence-corrected chi connectivity index (χ3v) is 6.28. The molecule has 1 saturated heterocycles. The Morgan fingerprint density at radius 2 is 1.68 bits per heavy atom. The number of alkyl halides is 3. The van der Waals surface area contributed by atoms with Crippen LogP contribution in [0.2, 0.25) is 0 Å². The molecule has 1 aliphatic heterocycles. The number of carbonyl (C=O) groups is 3. The minimum atomic E-state index is -4.49. The number of benzene rings is 1. The smallest absolute Gasteiger partial charge is 0.449 e. The normalized spacial score (nSPS) is 14.5. The zero-order valence-corrected chi connectivity index (χ0v) is 18.7. The molecule has 3 heterocycles. The second-order valence-electron chi connectivity index (χ2n) is 7.72. The van der Waals surface area contributed by atoms with Gasteiger partial charge in [-0.15, -0.1) is 11.3 Å². The van der Waals surface area contributed by atoms with Crippen LogP contribution in [0.25, 0.3) is 11.0 Å². The molecular weight excluding hydrogens is 475 g/mol. The van der Waals surface area contributed by atoms with E-state index in [1.54, 1.807) is 35.6 Å². The number of hydrogen-bond donors (Lipinski definition) is 2. The first-order valence-corrected chi connectivity index (χ1v) is 11.2. The first-order valence-electron chi connectivity index (χ1n) is 10.3. The molecule has 1 fully saturated rings. The summed E-state index contributed by atoms with van der Waals surface area (Å²) in [4.78, 5) is 37.3. The maximum Gasteiger partial charge on any atom is 0.449 e. The molecule has 34 heavy (non-hydrogen) atoms. The number of thiophene rings is 1. The first kappa shape index (κ1) is 25.2. The highest BCUT2D eigenvalue weighted by atomic mass is 32.1. The molecule has 0 saturated carbocycles. The van der Waals surface area contributed by atoms with Crippen LogP contribution in [0.5, 0.6) is 0 Å². The van der Waals surface area contributed by atoms with E-state index in [9.17, 15) is 18.0 Å². The van der Waals surface area contributed by atoms with Crippen LogP contribution in [0.15, 0.2) is 41.8 Å². The Morgan fingerprint density at radius 1 is 1.03 bits per heavy atom. The van der Waals surface area contributed by atoms with Gasteiger partial charge in [-0.2, -0.15) is 13.2 Å². The van der Waals surface area contributed by atoms with Crippen molar-refractivity contribution in [3.8, 4) is 0 Å². The fourth-order valence-electron chi connectivity index (χ4n) is 3.77. The number of likely N-dealkylation sites (tertiary alicyclic amines) is 1. The molecule has 1 aromatic carbocycles. The number of piperidine rings is 1. The topological polar surface area (TPSA) is 113 Å². The molecule has 0 radical (unpaired) electrons. The van der Waals surface area contributed by atoms with E-state index in [2.05, 4.69) is 4.98 Å². The van der Waals surface area contributed by atoms with Gasteiger partial charge < -0.3 is 19.7 Å². The van der Waals surface area contributed by atoms with Crippen molar-refractivity contribution in [3.05, 3.63) is 52.5 Å². The summed E-state index contributed by atoms with van der Waals surface area (Å²) in [6.45, 7) is 1.44. The van der Waals surface area contributed by atoms with E-state index in [1.807, 2.05) is 22.4 Å². The molecule has 0 spiro atoms. The van der Waals surface area contributed by atoms with E-state index in [-0.39, 0.29) is 18.4 Å². The Kier molecular flexibility index (Phi) is 7.92. The maximum atomic E-state index is 13.5. The Morgan fingerprint density at radius 3 is 2.24 bits per heavy atom. The van der Waals surface area contributed by atoms with Gasteiger partial charge in [0.05, 0.1) is 17.5 Å². The lowest BCUT2D eigenvalue weighted by Gasteiger charge is -2.32. The van der Waals surface area contributed by atoms with Crippen molar-refractivity contribution >= 4 is 40.2 Å².